The zero-order valence-corrected chi connectivity index (χ0v) is 19.1. The normalized spacial score (nSPS) is 25.1. The SMILES string of the molecule is CN1CCC[C@H]1COc1nc(N2[C@@H]3CC[C@H]2CNC3)c2ccc(-c3cccc(O)c3)cc2n1. The maximum absolute atomic E-state index is 9.94. The molecule has 3 saturated heterocycles. The van der Waals surface area contributed by atoms with Gasteiger partial charge in [-0.25, -0.2) is 0 Å². The molecule has 2 N–H and O–H groups in total. The van der Waals surface area contributed by atoms with E-state index in [4.69, 9.17) is 14.7 Å². The molecule has 2 bridgehead atoms. The largest absolute Gasteiger partial charge is 0.508 e. The number of piperazine rings is 1. The number of ether oxygens (including phenoxy) is 1. The number of hydrogen-bond donors (Lipinski definition) is 2. The number of aromatic nitrogens is 2. The van der Waals surface area contributed by atoms with Gasteiger partial charge < -0.3 is 25.0 Å². The Hall–Kier alpha value is -2.90. The van der Waals surface area contributed by atoms with E-state index in [2.05, 4.69) is 40.4 Å². The smallest absolute Gasteiger partial charge is 0.319 e. The molecule has 0 radical (unpaired) electrons. The summed E-state index contributed by atoms with van der Waals surface area (Å²) in [6.45, 7) is 3.72. The fourth-order valence-electron chi connectivity index (χ4n) is 5.70. The molecule has 3 atom stereocenters. The summed E-state index contributed by atoms with van der Waals surface area (Å²) in [6, 6.07) is 15.5. The fraction of sp³-hybridized carbons (Fsp3) is 0.462. The number of anilines is 1. The Bertz CT molecular complexity index is 1150. The second kappa shape index (κ2) is 8.47. The number of phenols is 1. The quantitative estimate of drug-likeness (QED) is 0.623. The van der Waals surface area contributed by atoms with Crippen molar-refractivity contribution in [2.45, 2.75) is 43.8 Å². The van der Waals surface area contributed by atoms with Gasteiger partial charge in [0.2, 0.25) is 0 Å². The number of likely N-dealkylation sites (tertiary alicyclic amines) is 1. The Morgan fingerprint density at radius 2 is 1.85 bits per heavy atom. The Morgan fingerprint density at radius 1 is 1.03 bits per heavy atom. The van der Waals surface area contributed by atoms with Crippen molar-refractivity contribution < 1.29 is 9.84 Å². The predicted octanol–water partition coefficient (Wildman–Crippen LogP) is 3.42. The van der Waals surface area contributed by atoms with Gasteiger partial charge in [-0.05, 0) is 74.7 Å². The summed E-state index contributed by atoms with van der Waals surface area (Å²) in [5.74, 6) is 1.25. The molecule has 0 unspecified atom stereocenters. The highest BCUT2D eigenvalue weighted by atomic mass is 16.5. The first-order chi connectivity index (χ1) is 16.2. The zero-order chi connectivity index (χ0) is 22.4. The van der Waals surface area contributed by atoms with Crippen molar-refractivity contribution in [2.75, 3.05) is 38.2 Å². The number of phenolic OH excluding ortho intramolecular Hbond substituents is 1. The molecule has 2 aromatic carbocycles. The third-order valence-electron chi connectivity index (χ3n) is 7.54. The summed E-state index contributed by atoms with van der Waals surface area (Å²) in [5.41, 5.74) is 2.87. The topological polar surface area (TPSA) is 73.8 Å². The van der Waals surface area contributed by atoms with Crippen molar-refractivity contribution in [3.8, 4) is 22.9 Å². The van der Waals surface area contributed by atoms with Crippen LogP contribution in [0.3, 0.4) is 0 Å². The minimum Gasteiger partial charge on any atom is -0.508 e. The highest BCUT2D eigenvalue weighted by Crippen LogP contribution is 2.37. The molecule has 0 spiro atoms. The first kappa shape index (κ1) is 20.7. The molecule has 3 aromatic rings. The molecule has 33 heavy (non-hydrogen) atoms. The number of fused-ring (bicyclic) bond motifs is 3. The molecular formula is C26H31N5O2. The maximum atomic E-state index is 9.94. The Labute approximate surface area is 194 Å². The van der Waals surface area contributed by atoms with Crippen molar-refractivity contribution in [1.29, 1.82) is 0 Å². The lowest BCUT2D eigenvalue weighted by Gasteiger charge is -2.37. The summed E-state index contributed by atoms with van der Waals surface area (Å²) in [7, 11) is 2.16. The van der Waals surface area contributed by atoms with Crippen LogP contribution in [-0.4, -0.2) is 71.4 Å². The van der Waals surface area contributed by atoms with Crippen molar-refractivity contribution in [3.05, 3.63) is 42.5 Å². The second-order valence-electron chi connectivity index (χ2n) is 9.65. The van der Waals surface area contributed by atoms with E-state index in [0.717, 1.165) is 53.9 Å². The van der Waals surface area contributed by atoms with Gasteiger partial charge >= 0.3 is 6.01 Å². The van der Waals surface area contributed by atoms with Gasteiger partial charge in [0.05, 0.1) is 5.52 Å². The van der Waals surface area contributed by atoms with Crippen molar-refractivity contribution in [2.24, 2.45) is 0 Å². The maximum Gasteiger partial charge on any atom is 0.319 e. The van der Waals surface area contributed by atoms with Crippen LogP contribution in [0.2, 0.25) is 0 Å². The van der Waals surface area contributed by atoms with Crippen LogP contribution in [-0.2, 0) is 0 Å². The number of nitrogens with one attached hydrogen (secondary N) is 1. The summed E-state index contributed by atoms with van der Waals surface area (Å²) in [4.78, 5) is 14.7. The third-order valence-corrected chi connectivity index (χ3v) is 7.54. The van der Waals surface area contributed by atoms with Gasteiger partial charge in [0, 0.05) is 36.6 Å². The zero-order valence-electron chi connectivity index (χ0n) is 19.1. The van der Waals surface area contributed by atoms with Gasteiger partial charge in [0.25, 0.3) is 0 Å². The lowest BCUT2D eigenvalue weighted by molar-refractivity contribution is 0.188. The number of rotatable bonds is 5. The van der Waals surface area contributed by atoms with Gasteiger partial charge in [-0.1, -0.05) is 18.2 Å². The summed E-state index contributed by atoms with van der Waals surface area (Å²) >= 11 is 0. The monoisotopic (exact) mass is 445 g/mol. The van der Waals surface area contributed by atoms with Gasteiger partial charge in [0.15, 0.2) is 0 Å². The number of likely N-dealkylation sites (N-methyl/N-ethyl adjacent to an activating group) is 1. The van der Waals surface area contributed by atoms with Crippen LogP contribution in [0.15, 0.2) is 42.5 Å². The Balaban J connectivity index is 1.41. The van der Waals surface area contributed by atoms with Crippen LogP contribution >= 0.6 is 0 Å². The first-order valence-electron chi connectivity index (χ1n) is 12.1. The van der Waals surface area contributed by atoms with Crippen LogP contribution in [0, 0.1) is 0 Å². The average Bonchev–Trinajstić information content (AvgIpc) is 3.35. The van der Waals surface area contributed by atoms with Crippen molar-refractivity contribution in [1.82, 2.24) is 20.2 Å². The molecule has 3 aliphatic heterocycles. The predicted molar refractivity (Wildman–Crippen MR) is 130 cm³/mol. The molecule has 1 aromatic heterocycles. The van der Waals surface area contributed by atoms with E-state index in [1.54, 1.807) is 12.1 Å². The minimum absolute atomic E-state index is 0.262. The molecule has 3 aliphatic rings. The Morgan fingerprint density at radius 3 is 2.61 bits per heavy atom. The highest BCUT2D eigenvalue weighted by Gasteiger charge is 2.38. The van der Waals surface area contributed by atoms with Gasteiger partial charge in [-0.3, -0.25) is 0 Å². The summed E-state index contributed by atoms with van der Waals surface area (Å²) in [5, 5.41) is 14.6. The highest BCUT2D eigenvalue weighted by molar-refractivity contribution is 5.93. The average molecular weight is 446 g/mol. The van der Waals surface area contributed by atoms with Crippen LogP contribution in [0.4, 0.5) is 5.82 Å². The molecule has 0 amide bonds. The molecule has 7 nitrogen and oxygen atoms in total. The number of benzene rings is 2. The van der Waals surface area contributed by atoms with E-state index >= 15 is 0 Å². The van der Waals surface area contributed by atoms with E-state index < -0.39 is 0 Å². The van der Waals surface area contributed by atoms with Crippen molar-refractivity contribution >= 4 is 16.7 Å². The number of hydrogen-bond acceptors (Lipinski definition) is 7. The first-order valence-corrected chi connectivity index (χ1v) is 12.1. The molecule has 4 heterocycles. The van der Waals surface area contributed by atoms with E-state index in [0.29, 0.717) is 30.7 Å². The molecule has 0 saturated carbocycles. The standard InChI is InChI=1S/C26H31N5O2/c1-30-11-3-5-21(30)16-33-26-28-24-13-18(17-4-2-6-22(32)12-17)7-10-23(24)25(29-26)31-19-8-9-20(31)15-27-14-19/h2,4,6-7,10,12-13,19-21,27,32H,3,5,8-9,11,14-16H2,1H3/t19-,20+,21-/m0/s1. The number of aromatic hydroxyl groups is 1. The van der Waals surface area contributed by atoms with Crippen LogP contribution in [0.1, 0.15) is 25.7 Å². The second-order valence-corrected chi connectivity index (χ2v) is 9.65. The van der Waals surface area contributed by atoms with E-state index in [-0.39, 0.29) is 5.75 Å². The van der Waals surface area contributed by atoms with Gasteiger partial charge in [-0.2, -0.15) is 9.97 Å². The van der Waals surface area contributed by atoms with Crippen LogP contribution in [0.5, 0.6) is 11.8 Å². The molecular weight excluding hydrogens is 414 g/mol. The Kier molecular flexibility index (Phi) is 5.31. The summed E-state index contributed by atoms with van der Waals surface area (Å²) < 4.78 is 6.21. The molecule has 172 valence electrons. The molecule has 6 rings (SSSR count). The van der Waals surface area contributed by atoms with E-state index in [9.17, 15) is 5.11 Å². The molecule has 3 fully saturated rings. The van der Waals surface area contributed by atoms with Crippen molar-refractivity contribution in [3.63, 3.8) is 0 Å². The van der Waals surface area contributed by atoms with E-state index in [1.165, 1.54) is 19.3 Å². The fourth-order valence-corrected chi connectivity index (χ4v) is 5.70. The minimum atomic E-state index is 0.262. The lowest BCUT2D eigenvalue weighted by Crippen LogP contribution is -2.52. The lowest BCUT2D eigenvalue weighted by atomic mass is 10.0. The summed E-state index contributed by atoms with van der Waals surface area (Å²) in [6.07, 6.45) is 4.74. The van der Waals surface area contributed by atoms with Gasteiger partial charge in [0.1, 0.15) is 18.2 Å². The van der Waals surface area contributed by atoms with E-state index in [1.807, 2.05) is 12.1 Å². The molecule has 0 aliphatic carbocycles. The van der Waals surface area contributed by atoms with Crippen LogP contribution < -0.4 is 15.0 Å². The molecule has 7 heteroatoms. The third kappa shape index (κ3) is 3.89. The number of nitrogens with zero attached hydrogens (tertiary/aromatic N) is 4. The van der Waals surface area contributed by atoms with Crippen LogP contribution in [0.25, 0.3) is 22.0 Å². The van der Waals surface area contributed by atoms with Gasteiger partial charge in [-0.15, -0.1) is 0 Å².